The predicted molar refractivity (Wildman–Crippen MR) is 74.8 cm³/mol. The lowest BCUT2D eigenvalue weighted by molar-refractivity contribution is 0.262. The highest BCUT2D eigenvalue weighted by molar-refractivity contribution is 6.30. The number of rotatable bonds is 2. The second-order valence-corrected chi connectivity index (χ2v) is 5.55. The van der Waals surface area contributed by atoms with E-state index in [0.717, 1.165) is 11.6 Å². The van der Waals surface area contributed by atoms with Crippen LogP contribution >= 0.6 is 11.6 Å². The minimum atomic E-state index is 0.270. The van der Waals surface area contributed by atoms with E-state index in [2.05, 4.69) is 16.0 Å². The van der Waals surface area contributed by atoms with Crippen LogP contribution in [-0.2, 0) is 0 Å². The lowest BCUT2D eigenvalue weighted by Gasteiger charge is -2.32. The molecule has 1 heterocycles. The summed E-state index contributed by atoms with van der Waals surface area (Å²) >= 11 is 6.08. The molecule has 3 rings (SSSR count). The Labute approximate surface area is 113 Å². The van der Waals surface area contributed by atoms with Crippen molar-refractivity contribution in [2.24, 2.45) is 10.7 Å². The highest BCUT2D eigenvalue weighted by Gasteiger charge is 2.34. The van der Waals surface area contributed by atoms with Crippen molar-refractivity contribution in [2.75, 3.05) is 6.54 Å². The number of nitrogens with zero attached hydrogens (tertiary/aromatic N) is 2. The highest BCUT2D eigenvalue weighted by atomic mass is 35.5. The summed E-state index contributed by atoms with van der Waals surface area (Å²) in [6.45, 7) is 0.753. The third-order valence-corrected chi connectivity index (χ3v) is 4.21. The molecule has 0 aromatic heterocycles. The van der Waals surface area contributed by atoms with Gasteiger partial charge in [0.15, 0.2) is 5.96 Å². The zero-order valence-corrected chi connectivity index (χ0v) is 11.1. The molecule has 1 aromatic rings. The molecule has 1 unspecified atom stereocenters. The molecule has 3 nitrogen and oxygen atoms in total. The van der Waals surface area contributed by atoms with Crippen LogP contribution in [0.15, 0.2) is 29.3 Å². The Bertz CT molecular complexity index is 466. The Kier molecular flexibility index (Phi) is 3.16. The molecule has 2 aliphatic rings. The fourth-order valence-electron chi connectivity index (χ4n) is 3.11. The van der Waals surface area contributed by atoms with Crippen molar-refractivity contribution < 1.29 is 0 Å². The van der Waals surface area contributed by atoms with Gasteiger partial charge in [-0.05, 0) is 30.5 Å². The third-order valence-electron chi connectivity index (χ3n) is 3.98. The van der Waals surface area contributed by atoms with Crippen LogP contribution in [0.2, 0.25) is 5.02 Å². The van der Waals surface area contributed by atoms with Gasteiger partial charge in [0.25, 0.3) is 0 Å². The Balaban J connectivity index is 1.87. The number of hydrogen-bond acceptors (Lipinski definition) is 3. The number of benzene rings is 1. The van der Waals surface area contributed by atoms with Gasteiger partial charge in [-0.1, -0.05) is 36.6 Å². The summed E-state index contributed by atoms with van der Waals surface area (Å²) in [5, 5.41) is 0.782. The number of halogens is 1. The van der Waals surface area contributed by atoms with Crippen molar-refractivity contribution in [1.29, 1.82) is 0 Å². The number of aliphatic imine (C=N–C) groups is 1. The van der Waals surface area contributed by atoms with Gasteiger partial charge in [-0.25, -0.2) is 0 Å². The van der Waals surface area contributed by atoms with Crippen LogP contribution in [0.25, 0.3) is 0 Å². The lowest BCUT2D eigenvalue weighted by atomic mass is 10.0. The predicted octanol–water partition coefficient (Wildman–Crippen LogP) is 2.95. The topological polar surface area (TPSA) is 41.6 Å². The van der Waals surface area contributed by atoms with E-state index in [4.69, 9.17) is 17.3 Å². The lowest BCUT2D eigenvalue weighted by Crippen LogP contribution is -2.42. The molecule has 0 spiro atoms. The van der Waals surface area contributed by atoms with Crippen LogP contribution in [0.3, 0.4) is 0 Å². The second-order valence-electron chi connectivity index (χ2n) is 5.12. The maximum atomic E-state index is 6.08. The molecule has 1 atom stereocenters. The molecule has 96 valence electrons. The monoisotopic (exact) mass is 263 g/mol. The first-order valence-corrected chi connectivity index (χ1v) is 6.97. The van der Waals surface area contributed by atoms with E-state index in [1.54, 1.807) is 0 Å². The normalized spacial score (nSPS) is 24.6. The summed E-state index contributed by atoms with van der Waals surface area (Å²) in [4.78, 5) is 6.73. The molecule has 0 radical (unpaired) electrons. The highest BCUT2D eigenvalue weighted by Crippen LogP contribution is 2.34. The van der Waals surface area contributed by atoms with Crippen molar-refractivity contribution in [3.63, 3.8) is 0 Å². The van der Waals surface area contributed by atoms with Crippen molar-refractivity contribution >= 4 is 17.6 Å². The summed E-state index contributed by atoms with van der Waals surface area (Å²) in [6, 6.07) is 8.88. The van der Waals surface area contributed by atoms with Crippen molar-refractivity contribution in [3.8, 4) is 0 Å². The molecule has 1 fully saturated rings. The van der Waals surface area contributed by atoms with Gasteiger partial charge in [0.1, 0.15) is 0 Å². The molecular formula is C14H18ClN3. The summed E-state index contributed by atoms with van der Waals surface area (Å²) in [5.41, 5.74) is 7.29. The van der Waals surface area contributed by atoms with E-state index in [-0.39, 0.29) is 6.04 Å². The van der Waals surface area contributed by atoms with E-state index in [0.29, 0.717) is 12.0 Å². The van der Waals surface area contributed by atoms with Crippen molar-refractivity contribution in [1.82, 2.24) is 4.90 Å². The molecule has 1 aromatic carbocycles. The first kappa shape index (κ1) is 11.8. The van der Waals surface area contributed by atoms with Gasteiger partial charge in [-0.3, -0.25) is 4.99 Å². The second kappa shape index (κ2) is 4.81. The van der Waals surface area contributed by atoms with Gasteiger partial charge >= 0.3 is 0 Å². The molecule has 18 heavy (non-hydrogen) atoms. The average Bonchev–Trinajstić information content (AvgIpc) is 2.97. The molecule has 1 saturated carbocycles. The van der Waals surface area contributed by atoms with Crippen LogP contribution in [0.1, 0.15) is 37.3 Å². The summed E-state index contributed by atoms with van der Waals surface area (Å²) < 4.78 is 0. The van der Waals surface area contributed by atoms with Gasteiger partial charge in [-0.15, -0.1) is 0 Å². The quantitative estimate of drug-likeness (QED) is 0.891. The molecular weight excluding hydrogens is 246 g/mol. The van der Waals surface area contributed by atoms with Crippen molar-refractivity contribution in [3.05, 3.63) is 34.9 Å². The fourth-order valence-corrected chi connectivity index (χ4v) is 3.31. The van der Waals surface area contributed by atoms with Crippen LogP contribution in [0.5, 0.6) is 0 Å². The minimum absolute atomic E-state index is 0.270. The Morgan fingerprint density at radius 3 is 2.78 bits per heavy atom. The van der Waals surface area contributed by atoms with Crippen LogP contribution in [-0.4, -0.2) is 23.4 Å². The number of guanidine groups is 1. The van der Waals surface area contributed by atoms with Crippen molar-refractivity contribution in [2.45, 2.75) is 37.8 Å². The Hall–Kier alpha value is -1.22. The molecule has 0 saturated heterocycles. The maximum Gasteiger partial charge on any atom is 0.192 e. The average molecular weight is 264 g/mol. The fraction of sp³-hybridized carbons (Fsp3) is 0.500. The SMILES string of the molecule is NC1=NCC(c2cccc(Cl)c2)N1C1CCCC1. The maximum absolute atomic E-state index is 6.08. The molecule has 1 aliphatic heterocycles. The zero-order chi connectivity index (χ0) is 12.5. The largest absolute Gasteiger partial charge is 0.370 e. The summed E-state index contributed by atoms with van der Waals surface area (Å²) in [6.07, 6.45) is 5.06. The van der Waals surface area contributed by atoms with Gasteiger partial charge in [0.05, 0.1) is 12.6 Å². The molecule has 1 aliphatic carbocycles. The summed E-state index contributed by atoms with van der Waals surface area (Å²) in [5.74, 6) is 0.701. The van der Waals surface area contributed by atoms with Gasteiger partial charge in [-0.2, -0.15) is 0 Å². The molecule has 0 amide bonds. The number of nitrogens with two attached hydrogens (primary N) is 1. The van der Waals surface area contributed by atoms with Crippen LogP contribution in [0, 0.1) is 0 Å². The summed E-state index contributed by atoms with van der Waals surface area (Å²) in [7, 11) is 0. The Morgan fingerprint density at radius 2 is 2.06 bits per heavy atom. The van der Waals surface area contributed by atoms with Crippen LogP contribution < -0.4 is 5.73 Å². The van der Waals surface area contributed by atoms with Gasteiger partial charge in [0.2, 0.25) is 0 Å². The standard InChI is InChI=1S/C14H18ClN3/c15-11-5-3-4-10(8-11)13-9-17-14(16)18(13)12-6-1-2-7-12/h3-5,8,12-13H,1-2,6-7,9H2,(H2,16,17). The molecule has 4 heteroatoms. The smallest absolute Gasteiger partial charge is 0.192 e. The van der Waals surface area contributed by atoms with Gasteiger partial charge in [0, 0.05) is 11.1 Å². The van der Waals surface area contributed by atoms with E-state index < -0.39 is 0 Å². The first-order valence-electron chi connectivity index (χ1n) is 6.59. The minimum Gasteiger partial charge on any atom is -0.370 e. The third kappa shape index (κ3) is 2.07. The van der Waals surface area contributed by atoms with Gasteiger partial charge < -0.3 is 10.6 Å². The number of hydrogen-bond donors (Lipinski definition) is 1. The zero-order valence-electron chi connectivity index (χ0n) is 10.3. The Morgan fingerprint density at radius 1 is 1.28 bits per heavy atom. The van der Waals surface area contributed by atoms with E-state index in [1.165, 1.54) is 31.2 Å². The molecule has 0 bridgehead atoms. The van der Waals surface area contributed by atoms with E-state index >= 15 is 0 Å². The van der Waals surface area contributed by atoms with E-state index in [1.807, 2.05) is 18.2 Å². The van der Waals surface area contributed by atoms with Crippen LogP contribution in [0.4, 0.5) is 0 Å². The molecule has 2 N–H and O–H groups in total. The van der Waals surface area contributed by atoms with E-state index in [9.17, 15) is 0 Å². The first-order chi connectivity index (χ1) is 8.75.